The second-order valence-electron chi connectivity index (χ2n) is 4.54. The third-order valence-corrected chi connectivity index (χ3v) is 3.28. The van der Waals surface area contributed by atoms with E-state index in [1.54, 1.807) is 0 Å². The van der Waals surface area contributed by atoms with Crippen molar-refractivity contribution in [2.24, 2.45) is 11.1 Å². The summed E-state index contributed by atoms with van der Waals surface area (Å²) < 4.78 is 0. The maximum absolute atomic E-state index is 8.89. The van der Waals surface area contributed by atoms with Gasteiger partial charge in [-0.25, -0.2) is 0 Å². The second kappa shape index (κ2) is 10.0. The fraction of sp³-hybridized carbons (Fsp3) is 1.00. The molecule has 0 saturated heterocycles. The van der Waals surface area contributed by atoms with Crippen molar-refractivity contribution in [3.63, 3.8) is 0 Å². The van der Waals surface area contributed by atoms with E-state index in [2.05, 4.69) is 0 Å². The zero-order valence-electron chi connectivity index (χ0n) is 10.2. The van der Waals surface area contributed by atoms with Crippen LogP contribution >= 0.6 is 0 Å². The molecule has 0 amide bonds. The predicted molar refractivity (Wildman–Crippen MR) is 65.1 cm³/mol. The van der Waals surface area contributed by atoms with Gasteiger partial charge in [0.2, 0.25) is 0 Å². The molecule has 0 aliphatic rings. The van der Waals surface area contributed by atoms with Crippen molar-refractivity contribution in [3.05, 3.63) is 0 Å². The maximum Gasteiger partial charge on any atom is 0.0431 e. The monoisotopic (exact) mass is 233 g/mol. The van der Waals surface area contributed by atoms with Crippen molar-refractivity contribution in [1.29, 1.82) is 0 Å². The van der Waals surface area contributed by atoms with E-state index in [9.17, 15) is 0 Å². The van der Waals surface area contributed by atoms with Crippen molar-refractivity contribution in [2.45, 2.75) is 44.9 Å². The van der Waals surface area contributed by atoms with Gasteiger partial charge in [0, 0.05) is 19.8 Å². The first-order chi connectivity index (χ1) is 7.74. The summed E-state index contributed by atoms with van der Waals surface area (Å²) in [4.78, 5) is 0. The number of aliphatic hydroxyl groups excluding tert-OH is 3. The molecule has 0 aliphatic carbocycles. The molecule has 0 aromatic rings. The van der Waals surface area contributed by atoms with Gasteiger partial charge in [-0.2, -0.15) is 0 Å². The van der Waals surface area contributed by atoms with E-state index < -0.39 is 0 Å². The van der Waals surface area contributed by atoms with Gasteiger partial charge in [-0.3, -0.25) is 0 Å². The Labute approximate surface area is 98.5 Å². The molecule has 0 aliphatic heterocycles. The summed E-state index contributed by atoms with van der Waals surface area (Å²) in [7, 11) is 0. The van der Waals surface area contributed by atoms with Gasteiger partial charge in [-0.05, 0) is 50.5 Å². The summed E-state index contributed by atoms with van der Waals surface area (Å²) in [5.41, 5.74) is 5.89. The van der Waals surface area contributed by atoms with Crippen LogP contribution in [-0.2, 0) is 0 Å². The van der Waals surface area contributed by atoms with E-state index in [0.717, 1.165) is 44.9 Å². The van der Waals surface area contributed by atoms with Gasteiger partial charge in [0.25, 0.3) is 0 Å². The van der Waals surface area contributed by atoms with Crippen LogP contribution in [0.2, 0.25) is 0 Å². The molecule has 0 saturated carbocycles. The fourth-order valence-electron chi connectivity index (χ4n) is 2.20. The molecule has 0 fully saturated rings. The molecule has 98 valence electrons. The lowest BCUT2D eigenvalue weighted by molar-refractivity contribution is 0.162. The Balaban J connectivity index is 4.16. The van der Waals surface area contributed by atoms with Gasteiger partial charge in [-0.1, -0.05) is 6.42 Å². The highest BCUT2D eigenvalue weighted by Gasteiger charge is 2.26. The largest absolute Gasteiger partial charge is 0.396 e. The molecule has 0 unspecified atom stereocenters. The topological polar surface area (TPSA) is 86.7 Å². The van der Waals surface area contributed by atoms with E-state index in [-0.39, 0.29) is 25.2 Å². The molecule has 0 aromatic carbocycles. The lowest BCUT2D eigenvalue weighted by Crippen LogP contribution is -2.31. The van der Waals surface area contributed by atoms with Crippen molar-refractivity contribution in [2.75, 3.05) is 26.4 Å². The molecule has 4 heteroatoms. The molecule has 4 nitrogen and oxygen atoms in total. The van der Waals surface area contributed by atoms with Crippen molar-refractivity contribution in [3.8, 4) is 0 Å². The molecular weight excluding hydrogens is 206 g/mol. The zero-order chi connectivity index (χ0) is 12.3. The van der Waals surface area contributed by atoms with Crippen LogP contribution < -0.4 is 5.73 Å². The molecule has 0 rings (SSSR count). The Morgan fingerprint density at radius 1 is 0.688 bits per heavy atom. The van der Waals surface area contributed by atoms with Crippen LogP contribution in [0.1, 0.15) is 44.9 Å². The van der Waals surface area contributed by atoms with Crippen LogP contribution in [0.4, 0.5) is 0 Å². The minimum absolute atomic E-state index is 0.0423. The van der Waals surface area contributed by atoms with E-state index in [0.29, 0.717) is 6.54 Å². The number of aliphatic hydroxyl groups is 3. The van der Waals surface area contributed by atoms with E-state index in [1.165, 1.54) is 0 Å². The van der Waals surface area contributed by atoms with Crippen molar-refractivity contribution < 1.29 is 15.3 Å². The highest BCUT2D eigenvalue weighted by atomic mass is 16.3. The zero-order valence-corrected chi connectivity index (χ0v) is 10.2. The van der Waals surface area contributed by atoms with Gasteiger partial charge in [0.1, 0.15) is 0 Å². The Morgan fingerprint density at radius 3 is 1.50 bits per heavy atom. The minimum Gasteiger partial charge on any atom is -0.396 e. The lowest BCUT2D eigenvalue weighted by Gasteiger charge is -2.32. The highest BCUT2D eigenvalue weighted by Crippen LogP contribution is 2.34. The Bertz CT molecular complexity index is 145. The summed E-state index contributed by atoms with van der Waals surface area (Å²) in [6.07, 6.45) is 6.09. The molecule has 5 N–H and O–H groups in total. The molecule has 0 radical (unpaired) electrons. The standard InChI is InChI=1S/C12H27NO3/c13-11-12(6-3-9-15,7-4-10-16)5-1-2-8-14/h14-16H,1-11,13H2. The number of unbranched alkanes of at least 4 members (excludes halogenated alkanes) is 1. The molecule has 0 spiro atoms. The van der Waals surface area contributed by atoms with Gasteiger partial charge in [-0.15, -0.1) is 0 Å². The molecule has 0 heterocycles. The highest BCUT2D eigenvalue weighted by molar-refractivity contribution is 4.80. The number of rotatable bonds is 11. The summed E-state index contributed by atoms with van der Waals surface area (Å²) in [5.74, 6) is 0. The average molecular weight is 233 g/mol. The minimum atomic E-state index is 0.0423. The van der Waals surface area contributed by atoms with Crippen LogP contribution in [-0.4, -0.2) is 41.7 Å². The molecule has 0 aromatic heterocycles. The summed E-state index contributed by atoms with van der Waals surface area (Å²) in [6.45, 7) is 1.21. The number of hydrogen-bond donors (Lipinski definition) is 4. The fourth-order valence-corrected chi connectivity index (χ4v) is 2.20. The van der Waals surface area contributed by atoms with Crippen LogP contribution in [0.5, 0.6) is 0 Å². The lowest BCUT2D eigenvalue weighted by atomic mass is 9.75. The maximum atomic E-state index is 8.89. The van der Waals surface area contributed by atoms with Gasteiger partial charge < -0.3 is 21.1 Å². The van der Waals surface area contributed by atoms with Crippen LogP contribution in [0.15, 0.2) is 0 Å². The van der Waals surface area contributed by atoms with E-state index >= 15 is 0 Å². The number of hydrogen-bond acceptors (Lipinski definition) is 4. The third kappa shape index (κ3) is 6.43. The van der Waals surface area contributed by atoms with Gasteiger partial charge in [0.15, 0.2) is 0 Å². The Hall–Kier alpha value is -0.160. The van der Waals surface area contributed by atoms with Gasteiger partial charge >= 0.3 is 0 Å². The SMILES string of the molecule is NCC(CCCO)(CCCO)CCCCO. The summed E-state index contributed by atoms with van der Waals surface area (Å²) >= 11 is 0. The van der Waals surface area contributed by atoms with Crippen LogP contribution in [0.25, 0.3) is 0 Å². The summed E-state index contributed by atoms with van der Waals surface area (Å²) in [5, 5.41) is 26.6. The first-order valence-electron chi connectivity index (χ1n) is 6.27. The predicted octanol–water partition coefficient (Wildman–Crippen LogP) is 0.639. The Morgan fingerprint density at radius 2 is 1.12 bits per heavy atom. The smallest absolute Gasteiger partial charge is 0.0431 e. The molecule has 0 bridgehead atoms. The normalized spacial score (nSPS) is 12.0. The first-order valence-corrected chi connectivity index (χ1v) is 6.27. The first kappa shape index (κ1) is 15.8. The molecule has 0 atom stereocenters. The molecule has 16 heavy (non-hydrogen) atoms. The van der Waals surface area contributed by atoms with Gasteiger partial charge in [0.05, 0.1) is 0 Å². The second-order valence-corrected chi connectivity index (χ2v) is 4.54. The molecular formula is C12H27NO3. The van der Waals surface area contributed by atoms with Crippen LogP contribution in [0.3, 0.4) is 0 Å². The Kier molecular flexibility index (Phi) is 9.92. The van der Waals surface area contributed by atoms with Crippen LogP contribution in [0, 0.1) is 5.41 Å². The van der Waals surface area contributed by atoms with Crippen molar-refractivity contribution >= 4 is 0 Å². The quantitative estimate of drug-likeness (QED) is 0.394. The number of nitrogens with two attached hydrogens (primary N) is 1. The van der Waals surface area contributed by atoms with E-state index in [1.807, 2.05) is 0 Å². The van der Waals surface area contributed by atoms with E-state index in [4.69, 9.17) is 21.1 Å². The average Bonchev–Trinajstić information content (AvgIpc) is 2.32. The summed E-state index contributed by atoms with van der Waals surface area (Å²) in [6, 6.07) is 0. The third-order valence-electron chi connectivity index (χ3n) is 3.28. The van der Waals surface area contributed by atoms with Crippen molar-refractivity contribution in [1.82, 2.24) is 0 Å².